The third-order valence-electron chi connectivity index (χ3n) is 6.38. The first-order valence-electron chi connectivity index (χ1n) is 11.2. The predicted octanol–water partition coefficient (Wildman–Crippen LogP) is 5.49. The van der Waals surface area contributed by atoms with Crippen LogP contribution in [0.4, 0.5) is 4.39 Å². The van der Waals surface area contributed by atoms with E-state index < -0.39 is 11.9 Å². The molecule has 0 saturated carbocycles. The van der Waals surface area contributed by atoms with Gasteiger partial charge < -0.3 is 9.84 Å². The molecule has 8 heteroatoms. The molecule has 1 aliphatic rings. The number of hydrogen-bond donors (Lipinski definition) is 1. The Morgan fingerprint density at radius 3 is 2.97 bits per heavy atom. The van der Waals surface area contributed by atoms with Crippen molar-refractivity contribution in [3.8, 4) is 17.6 Å². The number of pyridine rings is 1. The van der Waals surface area contributed by atoms with Crippen LogP contribution in [-0.4, -0.2) is 47.7 Å². The second-order valence-corrected chi connectivity index (χ2v) is 9.94. The van der Waals surface area contributed by atoms with Crippen molar-refractivity contribution in [1.29, 1.82) is 0 Å². The lowest BCUT2D eigenvalue weighted by Gasteiger charge is -2.35. The average Bonchev–Trinajstić information content (AvgIpc) is 3.25. The van der Waals surface area contributed by atoms with Gasteiger partial charge >= 0.3 is 5.97 Å². The lowest BCUT2D eigenvalue weighted by molar-refractivity contribution is -0.146. The van der Waals surface area contributed by atoms with Crippen molar-refractivity contribution in [2.75, 3.05) is 26.7 Å². The minimum absolute atomic E-state index is 0.106. The molecule has 0 aliphatic carbocycles. The summed E-state index contributed by atoms with van der Waals surface area (Å²) in [5.41, 5.74) is 1.89. The molecule has 1 N–H and O–H groups in total. The molecule has 3 heterocycles. The summed E-state index contributed by atoms with van der Waals surface area (Å²) in [4.78, 5) is 19.2. The third-order valence-corrected chi connectivity index (χ3v) is 7.50. The van der Waals surface area contributed by atoms with Crippen molar-refractivity contribution in [2.45, 2.75) is 25.7 Å². The highest BCUT2D eigenvalue weighted by Gasteiger charge is 2.33. The number of methoxy groups -OCH3 is 1. The van der Waals surface area contributed by atoms with Gasteiger partial charge in [0.15, 0.2) is 5.13 Å². The lowest BCUT2D eigenvalue weighted by Crippen LogP contribution is -2.44. The van der Waals surface area contributed by atoms with Crippen molar-refractivity contribution in [2.24, 2.45) is 11.8 Å². The molecule has 2 aromatic heterocycles. The molecule has 1 fully saturated rings. The Kier molecular flexibility index (Phi) is 8.04. The van der Waals surface area contributed by atoms with Crippen LogP contribution in [0.5, 0.6) is 5.75 Å². The lowest BCUT2D eigenvalue weighted by atomic mass is 9.81. The van der Waals surface area contributed by atoms with Crippen LogP contribution in [0.2, 0.25) is 5.02 Å². The maximum absolute atomic E-state index is 13.1. The average molecular weight is 501 g/mol. The topological polar surface area (TPSA) is 62.7 Å². The number of nitrogens with zero attached hydrogens (tertiary/aromatic N) is 2. The zero-order chi connectivity index (χ0) is 24.1. The summed E-state index contributed by atoms with van der Waals surface area (Å²) in [5, 5.41) is 11.2. The van der Waals surface area contributed by atoms with Crippen molar-refractivity contribution >= 4 is 39.8 Å². The number of likely N-dealkylation sites (tertiary alicyclic amines) is 1. The second kappa shape index (κ2) is 11.2. The Morgan fingerprint density at radius 2 is 2.24 bits per heavy atom. The van der Waals surface area contributed by atoms with Crippen LogP contribution in [-0.2, 0) is 11.2 Å². The van der Waals surface area contributed by atoms with Gasteiger partial charge in [0.25, 0.3) is 0 Å². The van der Waals surface area contributed by atoms with Crippen LogP contribution >= 0.6 is 22.9 Å². The molecule has 0 bridgehead atoms. The number of rotatable bonds is 7. The van der Waals surface area contributed by atoms with E-state index in [9.17, 15) is 14.3 Å². The van der Waals surface area contributed by atoms with Crippen molar-refractivity contribution in [1.82, 2.24) is 9.88 Å². The van der Waals surface area contributed by atoms with E-state index in [-0.39, 0.29) is 11.0 Å². The molecule has 1 unspecified atom stereocenters. The molecule has 0 amide bonds. The summed E-state index contributed by atoms with van der Waals surface area (Å²) >= 11 is 7.49. The first-order valence-corrected chi connectivity index (χ1v) is 12.4. The number of fused-ring (bicyclic) bond motifs is 1. The minimum Gasteiger partial charge on any atom is -0.497 e. The third kappa shape index (κ3) is 5.87. The van der Waals surface area contributed by atoms with E-state index in [1.807, 2.05) is 18.2 Å². The minimum atomic E-state index is -0.764. The Morgan fingerprint density at radius 1 is 1.38 bits per heavy atom. The fourth-order valence-electron chi connectivity index (χ4n) is 4.58. The number of carboxylic acids is 1. The molecule has 1 aromatic carbocycles. The van der Waals surface area contributed by atoms with Gasteiger partial charge in [0.1, 0.15) is 5.75 Å². The van der Waals surface area contributed by atoms with Crippen molar-refractivity contribution in [3.05, 3.63) is 57.1 Å². The van der Waals surface area contributed by atoms with Gasteiger partial charge in [-0.1, -0.05) is 34.8 Å². The Bertz CT molecular complexity index is 1240. The zero-order valence-corrected chi connectivity index (χ0v) is 20.5. The quantitative estimate of drug-likeness (QED) is 0.434. The normalized spacial score (nSPS) is 18.4. The van der Waals surface area contributed by atoms with Gasteiger partial charge in [0.2, 0.25) is 0 Å². The van der Waals surface area contributed by atoms with Crippen LogP contribution in [0, 0.1) is 28.8 Å². The van der Waals surface area contributed by atoms with Crippen LogP contribution in [0.3, 0.4) is 0 Å². The monoisotopic (exact) mass is 500 g/mol. The first-order chi connectivity index (χ1) is 16.4. The van der Waals surface area contributed by atoms with Gasteiger partial charge in [0, 0.05) is 18.1 Å². The number of piperidine rings is 1. The summed E-state index contributed by atoms with van der Waals surface area (Å²) in [6, 6.07) is 8.81. The number of halogens is 2. The molecule has 34 heavy (non-hydrogen) atoms. The van der Waals surface area contributed by atoms with Crippen LogP contribution in [0.25, 0.3) is 10.9 Å². The highest BCUT2D eigenvalue weighted by molar-refractivity contribution is 7.10. The fraction of sp³-hybridized carbons (Fsp3) is 0.385. The maximum Gasteiger partial charge on any atom is 0.308 e. The maximum atomic E-state index is 13.1. The first kappa shape index (κ1) is 24.5. The zero-order valence-electron chi connectivity index (χ0n) is 18.9. The predicted molar refractivity (Wildman–Crippen MR) is 133 cm³/mol. The number of thiophene rings is 1. The molecule has 4 rings (SSSR count). The molecule has 2 atom stereocenters. The fourth-order valence-corrected chi connectivity index (χ4v) is 5.43. The van der Waals surface area contributed by atoms with E-state index >= 15 is 0 Å². The summed E-state index contributed by atoms with van der Waals surface area (Å²) in [6.07, 6.45) is 4.89. The molecular formula is C26H26ClFN2O3S. The highest BCUT2D eigenvalue weighted by atomic mass is 35.5. The molecule has 1 aliphatic heterocycles. The van der Waals surface area contributed by atoms with E-state index in [2.05, 4.69) is 21.7 Å². The molecule has 3 aromatic rings. The van der Waals surface area contributed by atoms with Gasteiger partial charge in [-0.25, -0.2) is 0 Å². The number of ether oxygens (including phenoxy) is 1. The Hall–Kier alpha value is -2.66. The van der Waals surface area contributed by atoms with Crippen molar-refractivity contribution in [3.63, 3.8) is 0 Å². The van der Waals surface area contributed by atoms with Crippen LogP contribution < -0.4 is 4.74 Å². The summed E-state index contributed by atoms with van der Waals surface area (Å²) in [7, 11) is 1.63. The SMILES string of the molecule is COc1ccc2ncc(Cl)c(CCCC3CCN(CC#Cc4ccc(F)s4)C[C@@H]3C(=O)O)c2c1. The molecular weight excluding hydrogens is 475 g/mol. The number of aryl methyl sites for hydroxylation is 1. The van der Waals surface area contributed by atoms with Gasteiger partial charge in [-0.3, -0.25) is 14.7 Å². The van der Waals surface area contributed by atoms with Gasteiger partial charge in [-0.05, 0) is 74.0 Å². The smallest absolute Gasteiger partial charge is 0.308 e. The molecule has 0 radical (unpaired) electrons. The summed E-state index contributed by atoms with van der Waals surface area (Å²) in [5.74, 6) is 5.68. The number of benzene rings is 1. The standard InChI is InChI=1S/C26H26ClFN2O3S/c1-33-18-7-9-24-21(14-18)20(23(27)15-29-24)6-2-4-17-11-13-30(16-22(17)26(31)32)12-3-5-19-8-10-25(28)34-19/h7-10,14-15,17,22H,2,4,6,11-13,16H2,1H3,(H,31,32)/t17?,22-/m0/s1. The van der Waals surface area contributed by atoms with Gasteiger partial charge in [0.05, 0.1) is 35.0 Å². The number of carbonyl (C=O) groups is 1. The Labute approximate surface area is 207 Å². The van der Waals surface area contributed by atoms with Gasteiger partial charge in [-0.15, -0.1) is 0 Å². The second-order valence-electron chi connectivity index (χ2n) is 8.49. The van der Waals surface area contributed by atoms with Crippen LogP contribution in [0.1, 0.15) is 29.7 Å². The summed E-state index contributed by atoms with van der Waals surface area (Å²) < 4.78 is 18.4. The number of carboxylic acid groups (broad SMARTS) is 1. The van der Waals surface area contributed by atoms with Crippen molar-refractivity contribution < 1.29 is 19.0 Å². The molecule has 1 saturated heterocycles. The number of aliphatic carboxylic acids is 1. The van der Waals surface area contributed by atoms with E-state index in [0.717, 1.165) is 65.8 Å². The molecule has 5 nitrogen and oxygen atoms in total. The van der Waals surface area contributed by atoms with E-state index in [0.29, 0.717) is 23.0 Å². The Balaban J connectivity index is 1.37. The van der Waals surface area contributed by atoms with Gasteiger partial charge in [-0.2, -0.15) is 4.39 Å². The van der Waals surface area contributed by atoms with E-state index in [1.54, 1.807) is 19.4 Å². The molecule has 178 valence electrons. The summed E-state index contributed by atoms with van der Waals surface area (Å²) in [6.45, 7) is 1.76. The molecule has 0 spiro atoms. The van der Waals surface area contributed by atoms with E-state index in [1.165, 1.54) is 6.07 Å². The van der Waals surface area contributed by atoms with Crippen LogP contribution in [0.15, 0.2) is 36.5 Å². The largest absolute Gasteiger partial charge is 0.497 e. The number of aromatic nitrogens is 1. The number of hydrogen-bond acceptors (Lipinski definition) is 5. The highest BCUT2D eigenvalue weighted by Crippen LogP contribution is 2.32. The van der Waals surface area contributed by atoms with E-state index in [4.69, 9.17) is 16.3 Å².